The van der Waals surface area contributed by atoms with Gasteiger partial charge in [-0.2, -0.15) is 0 Å². The Hall–Kier alpha value is -0.690. The standard InChI is InChI=1S/C17H32N4O2/c1-18-5-3-6-19(8-7-18)15-17(22)21-11-9-20(10-12-21)14-16-4-2-13-23-16/h16H,2-15H2,1H3. The van der Waals surface area contributed by atoms with Crippen molar-refractivity contribution in [2.75, 3.05) is 79.1 Å². The SMILES string of the molecule is CN1CCCN(CC(=O)N2CCN(CC3CCCO3)CC2)CC1. The first-order valence-electron chi connectivity index (χ1n) is 9.23. The van der Waals surface area contributed by atoms with E-state index in [1.165, 1.54) is 19.3 Å². The van der Waals surface area contributed by atoms with Crippen LogP contribution in [0.4, 0.5) is 0 Å². The van der Waals surface area contributed by atoms with E-state index in [9.17, 15) is 4.79 Å². The predicted octanol–water partition coefficient (Wildman–Crippen LogP) is -0.0529. The van der Waals surface area contributed by atoms with E-state index in [0.717, 1.165) is 65.5 Å². The molecule has 0 spiro atoms. The summed E-state index contributed by atoms with van der Waals surface area (Å²) in [6, 6.07) is 0. The molecule has 0 N–H and O–H groups in total. The van der Waals surface area contributed by atoms with E-state index in [1.807, 2.05) is 0 Å². The second kappa shape index (κ2) is 8.42. The summed E-state index contributed by atoms with van der Waals surface area (Å²) in [5.41, 5.74) is 0. The summed E-state index contributed by atoms with van der Waals surface area (Å²) in [5.74, 6) is 0.311. The molecule has 0 radical (unpaired) electrons. The number of nitrogens with zero attached hydrogens (tertiary/aromatic N) is 4. The highest BCUT2D eigenvalue weighted by Crippen LogP contribution is 2.14. The summed E-state index contributed by atoms with van der Waals surface area (Å²) in [6.07, 6.45) is 3.99. The summed E-state index contributed by atoms with van der Waals surface area (Å²) in [7, 11) is 2.17. The van der Waals surface area contributed by atoms with Gasteiger partial charge in [0.25, 0.3) is 0 Å². The van der Waals surface area contributed by atoms with Crippen LogP contribution in [0.2, 0.25) is 0 Å². The van der Waals surface area contributed by atoms with E-state index in [2.05, 4.69) is 26.6 Å². The molecule has 3 saturated heterocycles. The number of likely N-dealkylation sites (N-methyl/N-ethyl adjacent to an activating group) is 1. The van der Waals surface area contributed by atoms with Crippen molar-refractivity contribution in [1.82, 2.24) is 19.6 Å². The third-order valence-electron chi connectivity index (χ3n) is 5.38. The molecule has 1 amide bonds. The van der Waals surface area contributed by atoms with Gasteiger partial charge in [0.05, 0.1) is 12.6 Å². The second-order valence-corrected chi connectivity index (χ2v) is 7.25. The van der Waals surface area contributed by atoms with Crippen LogP contribution in [0.15, 0.2) is 0 Å². The maximum atomic E-state index is 12.5. The largest absolute Gasteiger partial charge is 0.377 e. The summed E-state index contributed by atoms with van der Waals surface area (Å²) < 4.78 is 5.72. The van der Waals surface area contributed by atoms with Crippen LogP contribution in [-0.4, -0.2) is 111 Å². The lowest BCUT2D eigenvalue weighted by atomic mass is 10.2. The highest BCUT2D eigenvalue weighted by Gasteiger charge is 2.26. The van der Waals surface area contributed by atoms with Gasteiger partial charge < -0.3 is 14.5 Å². The number of amides is 1. The van der Waals surface area contributed by atoms with Gasteiger partial charge in [0.2, 0.25) is 5.91 Å². The number of carbonyl (C=O) groups is 1. The third-order valence-corrected chi connectivity index (χ3v) is 5.38. The van der Waals surface area contributed by atoms with E-state index in [-0.39, 0.29) is 0 Å². The van der Waals surface area contributed by atoms with Crippen molar-refractivity contribution in [1.29, 1.82) is 0 Å². The first-order chi connectivity index (χ1) is 11.2. The number of piperazine rings is 1. The quantitative estimate of drug-likeness (QED) is 0.725. The predicted molar refractivity (Wildman–Crippen MR) is 90.5 cm³/mol. The van der Waals surface area contributed by atoms with Crippen LogP contribution >= 0.6 is 0 Å². The Morgan fingerprint density at radius 1 is 0.957 bits per heavy atom. The van der Waals surface area contributed by atoms with Crippen molar-refractivity contribution >= 4 is 5.91 Å². The number of hydrogen-bond acceptors (Lipinski definition) is 5. The van der Waals surface area contributed by atoms with Gasteiger partial charge in [0, 0.05) is 52.4 Å². The number of hydrogen-bond donors (Lipinski definition) is 0. The Kier molecular flexibility index (Phi) is 6.28. The summed E-state index contributed by atoms with van der Waals surface area (Å²) >= 11 is 0. The third kappa shape index (κ3) is 5.14. The molecular formula is C17H32N4O2. The molecule has 132 valence electrons. The van der Waals surface area contributed by atoms with Crippen LogP contribution in [-0.2, 0) is 9.53 Å². The van der Waals surface area contributed by atoms with Crippen LogP contribution in [0.25, 0.3) is 0 Å². The maximum absolute atomic E-state index is 12.5. The van der Waals surface area contributed by atoms with Gasteiger partial charge in [0.1, 0.15) is 0 Å². The molecule has 3 heterocycles. The van der Waals surface area contributed by atoms with E-state index >= 15 is 0 Å². The van der Waals surface area contributed by atoms with Crippen molar-refractivity contribution in [3.63, 3.8) is 0 Å². The molecule has 6 nitrogen and oxygen atoms in total. The average molecular weight is 324 g/mol. The number of carbonyl (C=O) groups excluding carboxylic acids is 1. The molecular weight excluding hydrogens is 292 g/mol. The van der Waals surface area contributed by atoms with Crippen molar-refractivity contribution < 1.29 is 9.53 Å². The highest BCUT2D eigenvalue weighted by atomic mass is 16.5. The zero-order chi connectivity index (χ0) is 16.1. The molecule has 23 heavy (non-hydrogen) atoms. The lowest BCUT2D eigenvalue weighted by Crippen LogP contribution is -2.52. The topological polar surface area (TPSA) is 39.3 Å². The van der Waals surface area contributed by atoms with Crippen LogP contribution in [0.3, 0.4) is 0 Å². The minimum absolute atomic E-state index is 0.311. The van der Waals surface area contributed by atoms with Gasteiger partial charge in [-0.25, -0.2) is 0 Å². The van der Waals surface area contributed by atoms with Crippen molar-refractivity contribution in [2.24, 2.45) is 0 Å². The molecule has 3 aliphatic heterocycles. The molecule has 0 aliphatic carbocycles. The molecule has 3 rings (SSSR count). The van der Waals surface area contributed by atoms with Crippen LogP contribution < -0.4 is 0 Å². The number of ether oxygens (including phenoxy) is 1. The molecule has 1 atom stereocenters. The molecule has 0 aromatic rings. The molecule has 0 aromatic carbocycles. The first kappa shape index (κ1) is 17.1. The molecule has 3 aliphatic rings. The van der Waals surface area contributed by atoms with Gasteiger partial charge in [-0.3, -0.25) is 14.6 Å². The zero-order valence-electron chi connectivity index (χ0n) is 14.6. The fourth-order valence-electron chi connectivity index (χ4n) is 3.81. The van der Waals surface area contributed by atoms with Crippen LogP contribution in [0.5, 0.6) is 0 Å². The Morgan fingerprint density at radius 3 is 2.48 bits per heavy atom. The first-order valence-corrected chi connectivity index (χ1v) is 9.23. The van der Waals surface area contributed by atoms with Crippen molar-refractivity contribution in [2.45, 2.75) is 25.4 Å². The highest BCUT2D eigenvalue weighted by molar-refractivity contribution is 5.78. The molecule has 3 fully saturated rings. The van der Waals surface area contributed by atoms with Crippen molar-refractivity contribution in [3.8, 4) is 0 Å². The van der Waals surface area contributed by atoms with Crippen molar-refractivity contribution in [3.05, 3.63) is 0 Å². The second-order valence-electron chi connectivity index (χ2n) is 7.25. The summed E-state index contributed by atoms with van der Waals surface area (Å²) in [4.78, 5) is 21.7. The molecule has 0 saturated carbocycles. The Labute approximate surface area is 140 Å². The van der Waals surface area contributed by atoms with E-state index in [0.29, 0.717) is 18.6 Å². The summed E-state index contributed by atoms with van der Waals surface area (Å²) in [6.45, 7) is 10.6. The zero-order valence-corrected chi connectivity index (χ0v) is 14.6. The normalized spacial score (nSPS) is 28.9. The minimum atomic E-state index is 0.311. The molecule has 0 bridgehead atoms. The van der Waals surface area contributed by atoms with E-state index < -0.39 is 0 Å². The maximum Gasteiger partial charge on any atom is 0.236 e. The van der Waals surface area contributed by atoms with E-state index in [1.54, 1.807) is 0 Å². The minimum Gasteiger partial charge on any atom is -0.377 e. The monoisotopic (exact) mass is 324 g/mol. The Balaban J connectivity index is 1.37. The van der Waals surface area contributed by atoms with E-state index in [4.69, 9.17) is 4.74 Å². The molecule has 1 unspecified atom stereocenters. The lowest BCUT2D eigenvalue weighted by molar-refractivity contribution is -0.134. The Bertz CT molecular complexity index is 379. The van der Waals surface area contributed by atoms with Gasteiger partial charge in [0.15, 0.2) is 0 Å². The lowest BCUT2D eigenvalue weighted by Gasteiger charge is -2.36. The Morgan fingerprint density at radius 2 is 1.74 bits per heavy atom. The fourth-order valence-corrected chi connectivity index (χ4v) is 3.81. The van der Waals surface area contributed by atoms with Gasteiger partial charge in [-0.1, -0.05) is 0 Å². The van der Waals surface area contributed by atoms with Gasteiger partial charge >= 0.3 is 0 Å². The van der Waals surface area contributed by atoms with Crippen LogP contribution in [0.1, 0.15) is 19.3 Å². The average Bonchev–Trinajstić information content (AvgIpc) is 2.97. The van der Waals surface area contributed by atoms with Gasteiger partial charge in [-0.15, -0.1) is 0 Å². The van der Waals surface area contributed by atoms with Gasteiger partial charge in [-0.05, 0) is 39.4 Å². The fraction of sp³-hybridized carbons (Fsp3) is 0.941. The molecule has 0 aromatic heterocycles. The smallest absolute Gasteiger partial charge is 0.236 e. The van der Waals surface area contributed by atoms with Crippen LogP contribution in [0, 0.1) is 0 Å². The number of rotatable bonds is 4. The summed E-state index contributed by atoms with van der Waals surface area (Å²) in [5, 5.41) is 0. The molecule has 6 heteroatoms.